The smallest absolute Gasteiger partial charge is 0.271 e. The third kappa shape index (κ3) is 3.84. The van der Waals surface area contributed by atoms with Crippen LogP contribution in [0.4, 0.5) is 0 Å². The Hall–Kier alpha value is -1.72. The molecule has 5 heteroatoms. The molecule has 1 saturated heterocycles. The summed E-state index contributed by atoms with van der Waals surface area (Å²) >= 11 is 1.52. The van der Waals surface area contributed by atoms with Crippen LogP contribution in [0.25, 0.3) is 10.6 Å². The molecule has 0 radical (unpaired) electrons. The first kappa shape index (κ1) is 17.1. The third-order valence-corrected chi connectivity index (χ3v) is 5.55. The molecule has 2 heterocycles. The number of piperidine rings is 1. The predicted molar refractivity (Wildman–Crippen MR) is 99.5 cm³/mol. The van der Waals surface area contributed by atoms with Crippen molar-refractivity contribution in [3.8, 4) is 10.6 Å². The summed E-state index contributed by atoms with van der Waals surface area (Å²) < 4.78 is 0. The number of carbonyl (C=O) groups is 1. The lowest BCUT2D eigenvalue weighted by molar-refractivity contribution is 0.0910. The average Bonchev–Trinajstić information content (AvgIpc) is 3.07. The van der Waals surface area contributed by atoms with Gasteiger partial charge in [-0.25, -0.2) is 4.98 Å². The van der Waals surface area contributed by atoms with E-state index in [1.54, 1.807) is 0 Å². The molecule has 2 unspecified atom stereocenters. The summed E-state index contributed by atoms with van der Waals surface area (Å²) in [7, 11) is 0. The van der Waals surface area contributed by atoms with Gasteiger partial charge in [0, 0.05) is 17.0 Å². The molecule has 3 rings (SSSR count). The number of hydrogen-bond donors (Lipinski definition) is 2. The van der Waals surface area contributed by atoms with E-state index in [4.69, 9.17) is 0 Å². The molecule has 1 aliphatic rings. The van der Waals surface area contributed by atoms with Gasteiger partial charge in [-0.1, -0.05) is 45.0 Å². The summed E-state index contributed by atoms with van der Waals surface area (Å²) in [5.74, 6) is 0.906. The van der Waals surface area contributed by atoms with Gasteiger partial charge >= 0.3 is 0 Å². The third-order valence-electron chi connectivity index (χ3n) is 4.66. The van der Waals surface area contributed by atoms with Crippen molar-refractivity contribution in [1.82, 2.24) is 15.6 Å². The van der Waals surface area contributed by atoms with Gasteiger partial charge in [-0.05, 0) is 36.9 Å². The minimum atomic E-state index is -0.0601. The molecular formula is C19H25N3OS. The number of aromatic nitrogens is 1. The monoisotopic (exact) mass is 343 g/mol. The van der Waals surface area contributed by atoms with Crippen molar-refractivity contribution >= 4 is 17.2 Å². The standard InChI is InChI=1S/C19H25N3OS/c1-12(2)14-4-6-15(7-5-14)19-22-17(11-24-19)18(23)21-16-8-9-20-10-13(16)3/h4-7,11-13,16,20H,8-10H2,1-3H3,(H,21,23). The number of amides is 1. The first-order valence-electron chi connectivity index (χ1n) is 8.62. The number of thiazole rings is 1. The summed E-state index contributed by atoms with van der Waals surface area (Å²) in [5, 5.41) is 9.24. The van der Waals surface area contributed by atoms with E-state index in [2.05, 4.69) is 60.7 Å². The van der Waals surface area contributed by atoms with Gasteiger partial charge in [0.2, 0.25) is 0 Å². The van der Waals surface area contributed by atoms with Crippen molar-refractivity contribution in [3.63, 3.8) is 0 Å². The molecule has 4 nitrogen and oxygen atoms in total. The fourth-order valence-corrected chi connectivity index (χ4v) is 3.80. The molecule has 128 valence electrons. The lowest BCUT2D eigenvalue weighted by Gasteiger charge is -2.29. The number of hydrogen-bond acceptors (Lipinski definition) is 4. The number of carbonyl (C=O) groups excluding carboxylic acids is 1. The minimum absolute atomic E-state index is 0.0601. The number of benzene rings is 1. The molecule has 2 atom stereocenters. The molecule has 0 bridgehead atoms. The van der Waals surface area contributed by atoms with E-state index in [0.29, 0.717) is 17.5 Å². The normalized spacial score (nSPS) is 21.0. The molecule has 1 fully saturated rings. The molecule has 0 spiro atoms. The van der Waals surface area contributed by atoms with E-state index >= 15 is 0 Å². The number of nitrogens with zero attached hydrogens (tertiary/aromatic N) is 1. The van der Waals surface area contributed by atoms with Crippen LogP contribution in [-0.2, 0) is 0 Å². The topological polar surface area (TPSA) is 54.0 Å². The van der Waals surface area contributed by atoms with E-state index in [1.165, 1.54) is 16.9 Å². The highest BCUT2D eigenvalue weighted by molar-refractivity contribution is 7.13. The van der Waals surface area contributed by atoms with Gasteiger partial charge in [0.25, 0.3) is 5.91 Å². The highest BCUT2D eigenvalue weighted by Gasteiger charge is 2.24. The van der Waals surface area contributed by atoms with Gasteiger partial charge in [-0.2, -0.15) is 0 Å². The molecule has 2 N–H and O–H groups in total. The number of rotatable bonds is 4. The summed E-state index contributed by atoms with van der Waals surface area (Å²) in [5.41, 5.74) is 2.90. The van der Waals surface area contributed by atoms with E-state index in [0.717, 1.165) is 30.1 Å². The Bertz CT molecular complexity index is 693. The SMILES string of the molecule is CC(C)c1ccc(-c2nc(C(=O)NC3CCNCC3C)cs2)cc1. The second-order valence-corrected chi connectivity index (χ2v) is 7.72. The van der Waals surface area contributed by atoms with Crippen LogP contribution in [0.15, 0.2) is 29.6 Å². The summed E-state index contributed by atoms with van der Waals surface area (Å²) in [6, 6.07) is 8.68. The zero-order valence-electron chi connectivity index (χ0n) is 14.5. The second kappa shape index (κ2) is 7.45. The van der Waals surface area contributed by atoms with E-state index in [-0.39, 0.29) is 11.9 Å². The van der Waals surface area contributed by atoms with Gasteiger partial charge in [-0.15, -0.1) is 11.3 Å². The Morgan fingerprint density at radius 3 is 2.75 bits per heavy atom. The molecule has 24 heavy (non-hydrogen) atoms. The molecule has 1 amide bonds. The Balaban J connectivity index is 1.69. The van der Waals surface area contributed by atoms with Crippen LogP contribution in [0.1, 0.15) is 49.2 Å². The van der Waals surface area contributed by atoms with E-state index in [1.807, 2.05) is 5.38 Å². The molecular weight excluding hydrogens is 318 g/mol. The van der Waals surface area contributed by atoms with Crippen LogP contribution >= 0.6 is 11.3 Å². The summed E-state index contributed by atoms with van der Waals surface area (Å²) in [6.45, 7) is 8.44. The van der Waals surface area contributed by atoms with Crippen molar-refractivity contribution in [2.24, 2.45) is 5.92 Å². The van der Waals surface area contributed by atoms with Crippen LogP contribution in [0.2, 0.25) is 0 Å². The summed E-state index contributed by atoms with van der Waals surface area (Å²) in [6.07, 6.45) is 0.973. The highest BCUT2D eigenvalue weighted by atomic mass is 32.1. The van der Waals surface area contributed by atoms with Crippen molar-refractivity contribution in [2.75, 3.05) is 13.1 Å². The van der Waals surface area contributed by atoms with Gasteiger partial charge in [-0.3, -0.25) is 4.79 Å². The van der Waals surface area contributed by atoms with Crippen LogP contribution in [-0.4, -0.2) is 30.0 Å². The van der Waals surface area contributed by atoms with Gasteiger partial charge in [0.1, 0.15) is 10.7 Å². The first-order chi connectivity index (χ1) is 11.5. The van der Waals surface area contributed by atoms with Crippen LogP contribution in [0, 0.1) is 5.92 Å². The van der Waals surface area contributed by atoms with Crippen molar-refractivity contribution in [1.29, 1.82) is 0 Å². The molecule has 0 saturated carbocycles. The molecule has 1 aliphatic heterocycles. The molecule has 0 aliphatic carbocycles. The quantitative estimate of drug-likeness (QED) is 0.891. The fourth-order valence-electron chi connectivity index (χ4n) is 2.99. The van der Waals surface area contributed by atoms with Crippen LogP contribution in [0.3, 0.4) is 0 Å². The predicted octanol–water partition coefficient (Wildman–Crippen LogP) is 3.66. The lowest BCUT2D eigenvalue weighted by Crippen LogP contribution is -2.48. The maximum atomic E-state index is 12.5. The zero-order chi connectivity index (χ0) is 17.1. The van der Waals surface area contributed by atoms with E-state index in [9.17, 15) is 4.79 Å². The van der Waals surface area contributed by atoms with Crippen molar-refractivity contribution in [3.05, 3.63) is 40.9 Å². The Kier molecular flexibility index (Phi) is 5.31. The highest BCUT2D eigenvalue weighted by Crippen LogP contribution is 2.26. The van der Waals surface area contributed by atoms with Crippen molar-refractivity contribution in [2.45, 2.75) is 39.2 Å². The maximum absolute atomic E-state index is 12.5. The lowest BCUT2D eigenvalue weighted by atomic mass is 9.95. The average molecular weight is 343 g/mol. The Labute approximate surface area is 147 Å². The maximum Gasteiger partial charge on any atom is 0.271 e. The van der Waals surface area contributed by atoms with Crippen LogP contribution < -0.4 is 10.6 Å². The van der Waals surface area contributed by atoms with Gasteiger partial charge in [0.15, 0.2) is 0 Å². The first-order valence-corrected chi connectivity index (χ1v) is 9.50. The largest absolute Gasteiger partial charge is 0.348 e. The second-order valence-electron chi connectivity index (χ2n) is 6.86. The van der Waals surface area contributed by atoms with Gasteiger partial charge < -0.3 is 10.6 Å². The van der Waals surface area contributed by atoms with Gasteiger partial charge in [0.05, 0.1) is 0 Å². The Morgan fingerprint density at radius 1 is 1.33 bits per heavy atom. The zero-order valence-corrected chi connectivity index (χ0v) is 15.3. The summed E-state index contributed by atoms with van der Waals surface area (Å²) in [4.78, 5) is 17.0. The molecule has 2 aromatic rings. The minimum Gasteiger partial charge on any atom is -0.348 e. The number of nitrogens with one attached hydrogen (secondary N) is 2. The van der Waals surface area contributed by atoms with E-state index < -0.39 is 0 Å². The van der Waals surface area contributed by atoms with Crippen LogP contribution in [0.5, 0.6) is 0 Å². The molecule has 1 aromatic carbocycles. The molecule has 1 aromatic heterocycles. The Morgan fingerprint density at radius 2 is 2.08 bits per heavy atom. The fraction of sp³-hybridized carbons (Fsp3) is 0.474. The van der Waals surface area contributed by atoms with Crippen molar-refractivity contribution < 1.29 is 4.79 Å².